The number of carbonyl (C=O) groups excluding carboxylic acids is 1. The van der Waals surface area contributed by atoms with Crippen LogP contribution in [-0.2, 0) is 18.4 Å². The van der Waals surface area contributed by atoms with Crippen LogP contribution < -0.4 is 21.5 Å². The van der Waals surface area contributed by atoms with E-state index in [0.29, 0.717) is 36.2 Å². The molecule has 0 aliphatic carbocycles. The smallest absolute Gasteiger partial charge is 0.281 e. The normalized spacial score (nSPS) is 20.1. The van der Waals surface area contributed by atoms with Crippen molar-refractivity contribution in [3.05, 3.63) is 46.2 Å². The standard InChI is InChI=1S/C24H32N8O2/c1-29-22(34)20-21(27-23(29)26-19(16-33)30-11-5-6-12-30)28-24(31-13-7-10-18(25)15-31)32(20)14-17-8-3-2-4-9-17/h2-4,8-9,16,18-19H,5-7,10-15,25H2,1H3,(H,26,27). The second-order valence-electron chi connectivity index (χ2n) is 9.27. The molecule has 1 aromatic carbocycles. The first-order valence-corrected chi connectivity index (χ1v) is 12.0. The summed E-state index contributed by atoms with van der Waals surface area (Å²) in [5.74, 6) is 1.05. The average molecular weight is 465 g/mol. The third-order valence-corrected chi connectivity index (χ3v) is 6.83. The maximum absolute atomic E-state index is 13.6. The maximum Gasteiger partial charge on any atom is 0.281 e. The molecular weight excluding hydrogens is 432 g/mol. The van der Waals surface area contributed by atoms with Crippen LogP contribution >= 0.6 is 0 Å². The number of aromatic nitrogens is 4. The Kier molecular flexibility index (Phi) is 6.34. The predicted molar refractivity (Wildman–Crippen MR) is 132 cm³/mol. The van der Waals surface area contributed by atoms with Crippen LogP contribution in [0.25, 0.3) is 11.2 Å². The third kappa shape index (κ3) is 4.30. The van der Waals surface area contributed by atoms with Gasteiger partial charge in [-0.05, 0) is 31.2 Å². The highest BCUT2D eigenvalue weighted by molar-refractivity contribution is 5.76. The van der Waals surface area contributed by atoms with Gasteiger partial charge in [-0.1, -0.05) is 30.3 Å². The SMILES string of the molecule is Cn1c(NC(C=O)N2CCCC2)nc2nc(N3CCCC(N)C3)n(Cc3ccccc3)c2c1=O. The van der Waals surface area contributed by atoms with E-state index in [1.54, 1.807) is 7.05 Å². The molecule has 4 heterocycles. The molecule has 0 saturated carbocycles. The highest BCUT2D eigenvalue weighted by Gasteiger charge is 2.27. The summed E-state index contributed by atoms with van der Waals surface area (Å²) in [6.45, 7) is 3.72. The Balaban J connectivity index is 1.59. The monoisotopic (exact) mass is 464 g/mol. The maximum atomic E-state index is 13.6. The number of nitrogens with zero attached hydrogens (tertiary/aromatic N) is 6. The molecule has 2 aromatic heterocycles. The molecule has 5 rings (SSSR count). The minimum Gasteiger partial charge on any atom is -0.341 e. The molecule has 2 fully saturated rings. The quantitative estimate of drug-likeness (QED) is 0.501. The summed E-state index contributed by atoms with van der Waals surface area (Å²) in [6.07, 6.45) is 4.42. The summed E-state index contributed by atoms with van der Waals surface area (Å²) < 4.78 is 3.43. The lowest BCUT2D eigenvalue weighted by Crippen LogP contribution is -2.44. The molecule has 2 aliphatic heterocycles. The molecule has 10 heteroatoms. The van der Waals surface area contributed by atoms with Gasteiger partial charge in [0, 0.05) is 39.3 Å². The molecule has 2 saturated heterocycles. The molecule has 180 valence electrons. The fourth-order valence-electron chi connectivity index (χ4n) is 4.99. The highest BCUT2D eigenvalue weighted by atomic mass is 16.1. The molecule has 10 nitrogen and oxygen atoms in total. The lowest BCUT2D eigenvalue weighted by atomic mass is 10.1. The van der Waals surface area contributed by atoms with Gasteiger partial charge in [-0.15, -0.1) is 0 Å². The molecule has 0 amide bonds. The summed E-state index contributed by atoms with van der Waals surface area (Å²) in [5, 5.41) is 3.16. The number of nitrogens with one attached hydrogen (secondary N) is 1. The van der Waals surface area contributed by atoms with Crippen molar-refractivity contribution in [3.8, 4) is 0 Å². The second kappa shape index (κ2) is 9.55. The zero-order valence-electron chi connectivity index (χ0n) is 19.6. The van der Waals surface area contributed by atoms with Gasteiger partial charge in [-0.25, -0.2) is 0 Å². The topological polar surface area (TPSA) is 114 Å². The van der Waals surface area contributed by atoms with Gasteiger partial charge in [-0.3, -0.25) is 23.6 Å². The summed E-state index contributed by atoms with van der Waals surface area (Å²) in [5.41, 5.74) is 7.96. The Morgan fingerprint density at radius 3 is 2.62 bits per heavy atom. The number of piperidine rings is 1. The van der Waals surface area contributed by atoms with Gasteiger partial charge in [0.25, 0.3) is 5.56 Å². The molecular formula is C24H32N8O2. The number of hydrogen-bond donors (Lipinski definition) is 2. The summed E-state index contributed by atoms with van der Waals surface area (Å²) in [6, 6.07) is 10.1. The molecule has 2 aliphatic rings. The largest absolute Gasteiger partial charge is 0.341 e. The van der Waals surface area contributed by atoms with Crippen LogP contribution in [0, 0.1) is 0 Å². The van der Waals surface area contributed by atoms with E-state index in [2.05, 4.69) is 15.1 Å². The zero-order valence-corrected chi connectivity index (χ0v) is 19.6. The Labute approximate surface area is 198 Å². The van der Waals surface area contributed by atoms with Gasteiger partial charge >= 0.3 is 0 Å². The van der Waals surface area contributed by atoms with Crippen LogP contribution in [0.4, 0.5) is 11.9 Å². The predicted octanol–water partition coefficient (Wildman–Crippen LogP) is 1.14. The minimum absolute atomic E-state index is 0.0700. The number of benzene rings is 1. The van der Waals surface area contributed by atoms with Crippen molar-refractivity contribution in [2.75, 3.05) is 36.4 Å². The van der Waals surface area contributed by atoms with Crippen molar-refractivity contribution >= 4 is 29.3 Å². The van der Waals surface area contributed by atoms with E-state index >= 15 is 0 Å². The van der Waals surface area contributed by atoms with Crippen molar-refractivity contribution in [1.29, 1.82) is 0 Å². The van der Waals surface area contributed by atoms with Crippen molar-refractivity contribution in [2.24, 2.45) is 12.8 Å². The van der Waals surface area contributed by atoms with Crippen LogP contribution in [-0.4, -0.2) is 68.7 Å². The Hall–Kier alpha value is -3.24. The summed E-state index contributed by atoms with van der Waals surface area (Å²) >= 11 is 0. The van der Waals surface area contributed by atoms with Gasteiger partial charge in [0.05, 0.1) is 6.54 Å². The Morgan fingerprint density at radius 1 is 1.15 bits per heavy atom. The van der Waals surface area contributed by atoms with Crippen molar-refractivity contribution < 1.29 is 4.79 Å². The van der Waals surface area contributed by atoms with E-state index in [1.807, 2.05) is 34.9 Å². The fourth-order valence-corrected chi connectivity index (χ4v) is 4.99. The first-order chi connectivity index (χ1) is 16.5. The Bertz CT molecular complexity index is 1220. The number of rotatable bonds is 7. The number of aldehydes is 1. The van der Waals surface area contributed by atoms with Gasteiger partial charge in [0.15, 0.2) is 17.5 Å². The molecule has 3 aromatic rings. The van der Waals surface area contributed by atoms with E-state index in [0.717, 1.165) is 57.2 Å². The zero-order chi connectivity index (χ0) is 23.7. The molecule has 0 spiro atoms. The molecule has 34 heavy (non-hydrogen) atoms. The molecule has 3 N–H and O–H groups in total. The van der Waals surface area contributed by atoms with Gasteiger partial charge in [-0.2, -0.15) is 9.97 Å². The van der Waals surface area contributed by atoms with E-state index < -0.39 is 6.17 Å². The second-order valence-corrected chi connectivity index (χ2v) is 9.27. The Morgan fingerprint density at radius 2 is 1.91 bits per heavy atom. The van der Waals surface area contributed by atoms with Gasteiger partial charge < -0.3 is 16.0 Å². The fraction of sp³-hybridized carbons (Fsp3) is 0.500. The van der Waals surface area contributed by atoms with Crippen LogP contribution in [0.2, 0.25) is 0 Å². The van der Waals surface area contributed by atoms with Gasteiger partial charge in [0.1, 0.15) is 6.17 Å². The first kappa shape index (κ1) is 22.5. The number of hydrogen-bond acceptors (Lipinski definition) is 8. The molecule has 0 bridgehead atoms. The average Bonchev–Trinajstić information content (AvgIpc) is 3.50. The molecule has 2 unspecified atom stereocenters. The number of carbonyl (C=O) groups is 1. The number of anilines is 2. The van der Waals surface area contributed by atoms with Gasteiger partial charge in [0.2, 0.25) is 11.9 Å². The van der Waals surface area contributed by atoms with Crippen LogP contribution in [0.3, 0.4) is 0 Å². The number of imidazole rings is 1. The summed E-state index contributed by atoms with van der Waals surface area (Å²) in [7, 11) is 1.68. The number of nitrogens with two attached hydrogens (primary N) is 1. The summed E-state index contributed by atoms with van der Waals surface area (Å²) in [4.78, 5) is 39.1. The van der Waals surface area contributed by atoms with Crippen molar-refractivity contribution in [3.63, 3.8) is 0 Å². The molecule has 2 atom stereocenters. The first-order valence-electron chi connectivity index (χ1n) is 12.0. The minimum atomic E-state index is -0.524. The molecule has 0 radical (unpaired) electrons. The lowest BCUT2D eigenvalue weighted by molar-refractivity contribution is -0.111. The number of fused-ring (bicyclic) bond motifs is 1. The van der Waals surface area contributed by atoms with E-state index in [-0.39, 0.29) is 11.6 Å². The van der Waals surface area contributed by atoms with E-state index in [4.69, 9.17) is 15.7 Å². The lowest BCUT2D eigenvalue weighted by Gasteiger charge is -2.31. The highest BCUT2D eigenvalue weighted by Crippen LogP contribution is 2.25. The van der Waals surface area contributed by atoms with Crippen molar-refractivity contribution in [2.45, 2.75) is 44.4 Å². The van der Waals surface area contributed by atoms with Crippen LogP contribution in [0.5, 0.6) is 0 Å². The van der Waals surface area contributed by atoms with E-state index in [1.165, 1.54) is 4.57 Å². The van der Waals surface area contributed by atoms with Crippen LogP contribution in [0.1, 0.15) is 31.2 Å². The van der Waals surface area contributed by atoms with Crippen LogP contribution in [0.15, 0.2) is 35.1 Å². The van der Waals surface area contributed by atoms with E-state index in [9.17, 15) is 9.59 Å². The number of likely N-dealkylation sites (tertiary alicyclic amines) is 1. The van der Waals surface area contributed by atoms with Crippen molar-refractivity contribution in [1.82, 2.24) is 24.0 Å². The third-order valence-electron chi connectivity index (χ3n) is 6.83.